The lowest BCUT2D eigenvalue weighted by Gasteiger charge is -2.19. The molecule has 0 amide bonds. The van der Waals surface area contributed by atoms with Crippen molar-refractivity contribution >= 4 is 0 Å². The van der Waals surface area contributed by atoms with E-state index in [0.29, 0.717) is 13.1 Å². The summed E-state index contributed by atoms with van der Waals surface area (Å²) < 4.78 is 5.21. The molecule has 15 heavy (non-hydrogen) atoms. The Morgan fingerprint density at radius 1 is 0.867 bits per heavy atom. The standard InChI is InChI=1S/C10H24N2O3/c1-11(2)5-9(13)7-15-8-10(14)6-12(3)4/h9-10,13-14H,5-8H2,1-4H3. The fourth-order valence-corrected chi connectivity index (χ4v) is 1.29. The summed E-state index contributed by atoms with van der Waals surface area (Å²) in [6.07, 6.45) is -0.988. The normalized spacial score (nSPS) is 16.0. The molecule has 0 rings (SSSR count). The maximum atomic E-state index is 9.46. The van der Waals surface area contributed by atoms with Crippen LogP contribution < -0.4 is 0 Å². The van der Waals surface area contributed by atoms with E-state index in [9.17, 15) is 10.2 Å². The summed E-state index contributed by atoms with van der Waals surface area (Å²) in [4.78, 5) is 3.79. The van der Waals surface area contributed by atoms with Crippen molar-refractivity contribution < 1.29 is 14.9 Å². The van der Waals surface area contributed by atoms with E-state index in [2.05, 4.69) is 0 Å². The van der Waals surface area contributed by atoms with Gasteiger partial charge in [-0.25, -0.2) is 0 Å². The molecule has 0 aromatic rings. The maximum absolute atomic E-state index is 9.46. The molecule has 0 saturated carbocycles. The zero-order valence-corrected chi connectivity index (χ0v) is 10.2. The van der Waals surface area contributed by atoms with Crippen LogP contribution >= 0.6 is 0 Å². The average Bonchev–Trinajstić information content (AvgIpc) is 2.00. The molecule has 5 heteroatoms. The van der Waals surface area contributed by atoms with Crippen molar-refractivity contribution in [2.75, 3.05) is 54.5 Å². The summed E-state index contributed by atoms with van der Waals surface area (Å²) in [5, 5.41) is 18.9. The van der Waals surface area contributed by atoms with Gasteiger partial charge in [0.15, 0.2) is 0 Å². The van der Waals surface area contributed by atoms with Gasteiger partial charge in [0.1, 0.15) is 0 Å². The molecular weight excluding hydrogens is 196 g/mol. The summed E-state index contributed by atoms with van der Waals surface area (Å²) >= 11 is 0. The quantitative estimate of drug-likeness (QED) is 0.541. The number of hydrogen-bond donors (Lipinski definition) is 2. The Kier molecular flexibility index (Phi) is 7.90. The van der Waals surface area contributed by atoms with Crippen LogP contribution in [-0.4, -0.2) is 86.7 Å². The second-order valence-corrected chi connectivity index (χ2v) is 4.37. The van der Waals surface area contributed by atoms with Gasteiger partial charge in [0, 0.05) is 13.1 Å². The minimum Gasteiger partial charge on any atom is -0.389 e. The summed E-state index contributed by atoms with van der Waals surface area (Å²) in [5.41, 5.74) is 0. The molecule has 0 saturated heterocycles. The Morgan fingerprint density at radius 2 is 1.20 bits per heavy atom. The minimum atomic E-state index is -0.494. The fourth-order valence-electron chi connectivity index (χ4n) is 1.29. The number of ether oxygens (including phenoxy) is 1. The van der Waals surface area contributed by atoms with Gasteiger partial charge in [0.25, 0.3) is 0 Å². The van der Waals surface area contributed by atoms with Gasteiger partial charge in [-0.3, -0.25) is 0 Å². The number of rotatable bonds is 8. The van der Waals surface area contributed by atoms with Crippen LogP contribution in [0.15, 0.2) is 0 Å². The highest BCUT2D eigenvalue weighted by Gasteiger charge is 2.09. The largest absolute Gasteiger partial charge is 0.389 e. The highest BCUT2D eigenvalue weighted by atomic mass is 16.5. The molecule has 2 atom stereocenters. The first kappa shape index (κ1) is 14.8. The number of likely N-dealkylation sites (N-methyl/N-ethyl adjacent to an activating group) is 2. The predicted molar refractivity (Wildman–Crippen MR) is 59.9 cm³/mol. The number of aliphatic hydroxyl groups excluding tert-OH is 2. The molecule has 0 aliphatic heterocycles. The van der Waals surface area contributed by atoms with Crippen molar-refractivity contribution in [3.05, 3.63) is 0 Å². The molecule has 0 heterocycles. The zero-order chi connectivity index (χ0) is 11.8. The van der Waals surface area contributed by atoms with Crippen LogP contribution in [-0.2, 0) is 4.74 Å². The summed E-state index contributed by atoms with van der Waals surface area (Å²) in [6.45, 7) is 1.68. The van der Waals surface area contributed by atoms with E-state index in [0.717, 1.165) is 0 Å². The Morgan fingerprint density at radius 3 is 1.47 bits per heavy atom. The van der Waals surface area contributed by atoms with Crippen LogP contribution in [0.1, 0.15) is 0 Å². The molecule has 0 aliphatic rings. The third-order valence-electron chi connectivity index (χ3n) is 1.77. The lowest BCUT2D eigenvalue weighted by molar-refractivity contribution is -0.0192. The van der Waals surface area contributed by atoms with Crippen LogP contribution in [0.4, 0.5) is 0 Å². The topological polar surface area (TPSA) is 56.2 Å². The summed E-state index contributed by atoms with van der Waals surface area (Å²) in [5.74, 6) is 0. The second kappa shape index (κ2) is 8.01. The molecule has 0 aromatic carbocycles. The van der Waals surface area contributed by atoms with Crippen molar-refractivity contribution in [2.45, 2.75) is 12.2 Å². The van der Waals surface area contributed by atoms with Crippen LogP contribution in [0.25, 0.3) is 0 Å². The number of aliphatic hydroxyl groups is 2. The Hall–Kier alpha value is -0.200. The summed E-state index contributed by atoms with van der Waals surface area (Å²) in [6, 6.07) is 0. The molecule has 0 aromatic heterocycles. The van der Waals surface area contributed by atoms with Crippen LogP contribution in [0.3, 0.4) is 0 Å². The first-order valence-corrected chi connectivity index (χ1v) is 5.15. The first-order valence-electron chi connectivity index (χ1n) is 5.15. The molecule has 5 nitrogen and oxygen atoms in total. The maximum Gasteiger partial charge on any atom is 0.0899 e. The van der Waals surface area contributed by atoms with Gasteiger partial charge in [0.05, 0.1) is 25.4 Å². The van der Waals surface area contributed by atoms with E-state index >= 15 is 0 Å². The smallest absolute Gasteiger partial charge is 0.0899 e. The van der Waals surface area contributed by atoms with E-state index in [1.54, 1.807) is 0 Å². The van der Waals surface area contributed by atoms with E-state index in [-0.39, 0.29) is 13.2 Å². The second-order valence-electron chi connectivity index (χ2n) is 4.37. The van der Waals surface area contributed by atoms with Crippen LogP contribution in [0.5, 0.6) is 0 Å². The van der Waals surface area contributed by atoms with Crippen LogP contribution in [0, 0.1) is 0 Å². The number of nitrogens with zero attached hydrogens (tertiary/aromatic N) is 2. The third kappa shape index (κ3) is 10.1. The molecule has 92 valence electrons. The highest BCUT2D eigenvalue weighted by Crippen LogP contribution is 1.92. The fraction of sp³-hybridized carbons (Fsp3) is 1.00. The first-order chi connectivity index (χ1) is 6.91. The van der Waals surface area contributed by atoms with E-state index < -0.39 is 12.2 Å². The molecule has 2 N–H and O–H groups in total. The van der Waals surface area contributed by atoms with Gasteiger partial charge in [-0.1, -0.05) is 0 Å². The van der Waals surface area contributed by atoms with Crippen molar-refractivity contribution in [3.8, 4) is 0 Å². The Balaban J connectivity index is 3.44. The Labute approximate surface area is 92.2 Å². The molecule has 0 fully saturated rings. The SMILES string of the molecule is CN(C)CC(O)COCC(O)CN(C)C. The van der Waals surface area contributed by atoms with Gasteiger partial charge in [-0.2, -0.15) is 0 Å². The average molecular weight is 220 g/mol. The van der Waals surface area contributed by atoms with Gasteiger partial charge in [-0.05, 0) is 28.2 Å². The third-order valence-corrected chi connectivity index (χ3v) is 1.77. The monoisotopic (exact) mass is 220 g/mol. The van der Waals surface area contributed by atoms with Crippen molar-refractivity contribution in [3.63, 3.8) is 0 Å². The van der Waals surface area contributed by atoms with E-state index in [1.807, 2.05) is 38.0 Å². The molecular formula is C10H24N2O3. The zero-order valence-electron chi connectivity index (χ0n) is 10.2. The van der Waals surface area contributed by atoms with Crippen molar-refractivity contribution in [2.24, 2.45) is 0 Å². The van der Waals surface area contributed by atoms with E-state index in [4.69, 9.17) is 4.74 Å². The lowest BCUT2D eigenvalue weighted by Crippen LogP contribution is -2.33. The molecule has 0 bridgehead atoms. The van der Waals surface area contributed by atoms with Gasteiger partial charge >= 0.3 is 0 Å². The van der Waals surface area contributed by atoms with E-state index in [1.165, 1.54) is 0 Å². The highest BCUT2D eigenvalue weighted by molar-refractivity contribution is 4.60. The van der Waals surface area contributed by atoms with Gasteiger partial charge < -0.3 is 24.7 Å². The number of hydrogen-bond acceptors (Lipinski definition) is 5. The van der Waals surface area contributed by atoms with Crippen LogP contribution in [0.2, 0.25) is 0 Å². The van der Waals surface area contributed by atoms with Gasteiger partial charge in [-0.15, -0.1) is 0 Å². The summed E-state index contributed by atoms with van der Waals surface area (Å²) in [7, 11) is 7.57. The molecule has 0 spiro atoms. The minimum absolute atomic E-state index is 0.267. The predicted octanol–water partition coefficient (Wildman–Crippen LogP) is -1.15. The molecule has 0 radical (unpaired) electrons. The van der Waals surface area contributed by atoms with Crippen molar-refractivity contribution in [1.82, 2.24) is 9.80 Å². The lowest BCUT2D eigenvalue weighted by atomic mass is 10.3. The molecule has 0 aliphatic carbocycles. The van der Waals surface area contributed by atoms with Gasteiger partial charge in [0.2, 0.25) is 0 Å². The Bertz CT molecular complexity index is 138. The molecule has 2 unspecified atom stereocenters. The van der Waals surface area contributed by atoms with Crippen molar-refractivity contribution in [1.29, 1.82) is 0 Å².